The van der Waals surface area contributed by atoms with Gasteiger partial charge in [-0.05, 0) is 89.4 Å². The normalized spacial score (nSPS) is 14.6. The van der Waals surface area contributed by atoms with E-state index in [1.165, 1.54) is 12.0 Å². The number of H-pyrrole nitrogens is 1. The number of aliphatic carboxylic acids is 1. The van der Waals surface area contributed by atoms with Crippen molar-refractivity contribution >= 4 is 34.1 Å². The molecule has 2 N–H and O–H groups in total. The van der Waals surface area contributed by atoms with Crippen molar-refractivity contribution in [2.24, 2.45) is 5.92 Å². The van der Waals surface area contributed by atoms with E-state index in [0.717, 1.165) is 52.5 Å². The number of nitrogens with zero attached hydrogens (tertiary/aromatic N) is 1. The summed E-state index contributed by atoms with van der Waals surface area (Å²) in [6.45, 7) is 2.55. The highest BCUT2D eigenvalue weighted by atomic mass is 19.1. The van der Waals surface area contributed by atoms with E-state index in [-0.39, 0.29) is 0 Å². The highest BCUT2D eigenvalue weighted by Gasteiger charge is 2.28. The molecule has 0 radical (unpaired) electrons. The molecule has 5 nitrogen and oxygen atoms in total. The fourth-order valence-corrected chi connectivity index (χ4v) is 4.74. The molecule has 1 saturated carbocycles. The first-order valence-electron chi connectivity index (χ1n) is 12.2. The van der Waals surface area contributed by atoms with E-state index in [2.05, 4.69) is 22.3 Å². The minimum atomic E-state index is -0.989. The average Bonchev–Trinajstić information content (AvgIpc) is 3.22. The molecule has 0 spiro atoms. The Kier molecular flexibility index (Phi) is 6.67. The monoisotopic (exact) mass is 482 g/mol. The van der Waals surface area contributed by atoms with Crippen molar-refractivity contribution in [2.45, 2.75) is 26.2 Å². The van der Waals surface area contributed by atoms with Gasteiger partial charge in [0, 0.05) is 6.08 Å². The van der Waals surface area contributed by atoms with Crippen LogP contribution in [0.25, 0.3) is 28.1 Å². The zero-order chi connectivity index (χ0) is 25.1. The van der Waals surface area contributed by atoms with Gasteiger partial charge in [-0.25, -0.2) is 4.79 Å². The van der Waals surface area contributed by atoms with Gasteiger partial charge in [-0.3, -0.25) is 5.10 Å². The van der Waals surface area contributed by atoms with Gasteiger partial charge in [0.1, 0.15) is 5.75 Å². The van der Waals surface area contributed by atoms with Crippen LogP contribution in [-0.4, -0.2) is 27.9 Å². The Morgan fingerprint density at radius 2 is 1.86 bits per heavy atom. The molecule has 1 heterocycles. The molecule has 3 aromatic carbocycles. The first-order chi connectivity index (χ1) is 17.5. The number of aromatic nitrogens is 2. The zero-order valence-corrected chi connectivity index (χ0v) is 20.0. The van der Waals surface area contributed by atoms with Crippen molar-refractivity contribution in [1.82, 2.24) is 10.2 Å². The van der Waals surface area contributed by atoms with Gasteiger partial charge in [-0.15, -0.1) is 5.10 Å². The number of carboxylic acids is 1. The number of nitrogens with one attached hydrogen (secondary N) is 1. The maximum atomic E-state index is 14.5. The molecule has 0 aliphatic heterocycles. The Labute approximate surface area is 208 Å². The second kappa shape index (κ2) is 10.2. The number of carboxylic acid groups (broad SMARTS) is 1. The smallest absolute Gasteiger partial charge is 0.328 e. The van der Waals surface area contributed by atoms with E-state index in [0.29, 0.717) is 23.4 Å². The van der Waals surface area contributed by atoms with E-state index in [9.17, 15) is 9.18 Å². The number of benzene rings is 3. The summed E-state index contributed by atoms with van der Waals surface area (Å²) in [6, 6.07) is 21.7. The molecule has 6 heteroatoms. The minimum absolute atomic E-state index is 0.369. The predicted octanol–water partition coefficient (Wildman–Crippen LogP) is 6.96. The second-order valence-electron chi connectivity index (χ2n) is 8.95. The molecular formula is C30H27FN2O3. The molecule has 0 atom stereocenters. The summed E-state index contributed by atoms with van der Waals surface area (Å²) in [5.74, 6) is -0.328. The lowest BCUT2D eigenvalue weighted by atomic mass is 9.73. The van der Waals surface area contributed by atoms with Crippen LogP contribution in [0.15, 0.2) is 72.8 Å². The van der Waals surface area contributed by atoms with Crippen molar-refractivity contribution < 1.29 is 19.0 Å². The Morgan fingerprint density at radius 1 is 1.08 bits per heavy atom. The summed E-state index contributed by atoms with van der Waals surface area (Å²) in [7, 11) is 0. The summed E-state index contributed by atoms with van der Waals surface area (Å²) in [4.78, 5) is 10.9. The van der Waals surface area contributed by atoms with Crippen molar-refractivity contribution in [3.8, 4) is 5.75 Å². The van der Waals surface area contributed by atoms with Gasteiger partial charge in [0.25, 0.3) is 0 Å². The van der Waals surface area contributed by atoms with Crippen LogP contribution in [0.5, 0.6) is 5.75 Å². The van der Waals surface area contributed by atoms with E-state index in [1.54, 1.807) is 6.08 Å². The molecule has 0 bridgehead atoms. The standard InChI is InChI=1S/C30H27FN2O3/c1-2-36-24-8-4-7-22(17-24)28(20-5-3-6-20)29(21-12-9-19(10-13-21)11-16-27(34)35)23-14-15-26-25(18-23)30(31)33-32-26/h4,7-18,20H,2-3,5-6H2,1H3,(H,32,33)(H,34,35)/b16-11+,29-28+. The Bertz CT molecular complexity index is 1460. The molecule has 0 saturated heterocycles. The largest absolute Gasteiger partial charge is 0.494 e. The lowest BCUT2D eigenvalue weighted by Gasteiger charge is -2.32. The van der Waals surface area contributed by atoms with Gasteiger partial charge in [-0.1, -0.05) is 48.9 Å². The summed E-state index contributed by atoms with van der Waals surface area (Å²) < 4.78 is 20.3. The highest BCUT2D eigenvalue weighted by Crippen LogP contribution is 2.46. The summed E-state index contributed by atoms with van der Waals surface area (Å²) in [6.07, 6.45) is 6.03. The van der Waals surface area contributed by atoms with Crippen molar-refractivity contribution in [3.05, 3.63) is 101 Å². The number of hydrogen-bond donors (Lipinski definition) is 2. The molecule has 1 aromatic heterocycles. The van der Waals surface area contributed by atoms with E-state index < -0.39 is 11.9 Å². The number of fused-ring (bicyclic) bond motifs is 1. The molecule has 182 valence electrons. The van der Waals surface area contributed by atoms with E-state index in [4.69, 9.17) is 9.84 Å². The number of hydrogen-bond acceptors (Lipinski definition) is 3. The van der Waals surface area contributed by atoms with Crippen molar-refractivity contribution in [1.29, 1.82) is 0 Å². The first kappa shape index (κ1) is 23.5. The second-order valence-corrected chi connectivity index (χ2v) is 8.95. The summed E-state index contributed by atoms with van der Waals surface area (Å²) in [5, 5.41) is 15.9. The zero-order valence-electron chi connectivity index (χ0n) is 20.0. The Balaban J connectivity index is 1.73. The van der Waals surface area contributed by atoms with Gasteiger partial charge in [0.15, 0.2) is 0 Å². The maximum Gasteiger partial charge on any atom is 0.328 e. The molecular weight excluding hydrogens is 455 g/mol. The van der Waals surface area contributed by atoms with Crippen LogP contribution in [0.2, 0.25) is 0 Å². The fourth-order valence-electron chi connectivity index (χ4n) is 4.74. The van der Waals surface area contributed by atoms with Gasteiger partial charge in [0.2, 0.25) is 5.95 Å². The summed E-state index contributed by atoms with van der Waals surface area (Å²) >= 11 is 0. The number of carbonyl (C=O) groups is 1. The Hall–Kier alpha value is -4.19. The van der Waals surface area contributed by atoms with Gasteiger partial charge in [-0.2, -0.15) is 4.39 Å². The summed E-state index contributed by atoms with van der Waals surface area (Å²) in [5.41, 5.74) is 6.65. The molecule has 4 aromatic rings. The number of ether oxygens (including phenoxy) is 1. The Morgan fingerprint density at radius 3 is 2.56 bits per heavy atom. The third kappa shape index (κ3) is 4.80. The van der Waals surface area contributed by atoms with Crippen LogP contribution < -0.4 is 4.74 Å². The number of allylic oxidation sites excluding steroid dienone is 1. The van der Waals surface area contributed by atoms with Crippen molar-refractivity contribution in [2.75, 3.05) is 6.61 Å². The van der Waals surface area contributed by atoms with Crippen LogP contribution in [0.1, 0.15) is 48.4 Å². The SMILES string of the molecule is CCOc1cccc(/C(=C(\c2ccc(/C=C/C(=O)O)cc2)c2ccc3[nH]nc(F)c3c2)C2CCC2)c1. The van der Waals surface area contributed by atoms with Crippen LogP contribution >= 0.6 is 0 Å². The minimum Gasteiger partial charge on any atom is -0.494 e. The van der Waals surface area contributed by atoms with Crippen LogP contribution in [-0.2, 0) is 4.79 Å². The third-order valence-corrected chi connectivity index (χ3v) is 6.66. The average molecular weight is 483 g/mol. The quantitative estimate of drug-likeness (QED) is 0.210. The van der Waals surface area contributed by atoms with Crippen LogP contribution in [0.4, 0.5) is 4.39 Å². The molecule has 36 heavy (non-hydrogen) atoms. The van der Waals surface area contributed by atoms with E-state index in [1.807, 2.05) is 61.5 Å². The molecule has 0 amide bonds. The highest BCUT2D eigenvalue weighted by molar-refractivity contribution is 6.01. The lowest BCUT2D eigenvalue weighted by Crippen LogP contribution is -2.15. The predicted molar refractivity (Wildman–Crippen MR) is 140 cm³/mol. The van der Waals surface area contributed by atoms with Crippen LogP contribution in [0, 0.1) is 11.9 Å². The molecule has 1 aliphatic rings. The number of aromatic amines is 1. The molecule has 1 fully saturated rings. The number of rotatable bonds is 8. The lowest BCUT2D eigenvalue weighted by molar-refractivity contribution is -0.131. The van der Waals surface area contributed by atoms with E-state index >= 15 is 0 Å². The van der Waals surface area contributed by atoms with Gasteiger partial charge >= 0.3 is 5.97 Å². The van der Waals surface area contributed by atoms with Crippen LogP contribution in [0.3, 0.4) is 0 Å². The third-order valence-electron chi connectivity index (χ3n) is 6.66. The topological polar surface area (TPSA) is 75.2 Å². The first-order valence-corrected chi connectivity index (χ1v) is 12.2. The van der Waals surface area contributed by atoms with Crippen molar-refractivity contribution in [3.63, 3.8) is 0 Å². The molecule has 5 rings (SSSR count). The van der Waals surface area contributed by atoms with Gasteiger partial charge < -0.3 is 9.84 Å². The molecule has 0 unspecified atom stereocenters. The maximum absolute atomic E-state index is 14.5. The fraction of sp³-hybridized carbons (Fsp3) is 0.200. The number of halogens is 1. The molecule has 1 aliphatic carbocycles. The van der Waals surface area contributed by atoms with Gasteiger partial charge in [0.05, 0.1) is 17.5 Å².